The van der Waals surface area contributed by atoms with Crippen LogP contribution < -0.4 is 5.73 Å². The zero-order valence-electron chi connectivity index (χ0n) is 11.9. The number of sulfonamides is 1. The molecule has 7 heteroatoms. The Hall–Kier alpha value is -0.140. The van der Waals surface area contributed by atoms with Crippen LogP contribution in [0.1, 0.15) is 30.9 Å². The maximum Gasteiger partial charge on any atom is 0.211 e. The van der Waals surface area contributed by atoms with Crippen molar-refractivity contribution < 1.29 is 8.42 Å². The molecule has 1 aliphatic rings. The fourth-order valence-electron chi connectivity index (χ4n) is 2.81. The Balaban J connectivity index is 2.03. The van der Waals surface area contributed by atoms with Crippen LogP contribution in [0.3, 0.4) is 0 Å². The summed E-state index contributed by atoms with van der Waals surface area (Å²) < 4.78 is 25.8. The summed E-state index contributed by atoms with van der Waals surface area (Å²) in [6.07, 6.45) is 3.95. The van der Waals surface area contributed by atoms with Gasteiger partial charge < -0.3 is 5.73 Å². The van der Waals surface area contributed by atoms with Crippen LogP contribution in [0.25, 0.3) is 0 Å². The molecule has 1 fully saturated rings. The van der Waals surface area contributed by atoms with Crippen molar-refractivity contribution in [3.05, 3.63) is 33.3 Å². The minimum Gasteiger partial charge on any atom is -0.324 e. The summed E-state index contributed by atoms with van der Waals surface area (Å²) in [4.78, 5) is 0. The Morgan fingerprint density at radius 2 is 2.24 bits per heavy atom. The van der Waals surface area contributed by atoms with Gasteiger partial charge in [0.05, 0.1) is 6.26 Å². The van der Waals surface area contributed by atoms with Gasteiger partial charge in [-0.2, -0.15) is 0 Å². The maximum atomic E-state index is 11.7. The molecule has 0 bridgehead atoms. The van der Waals surface area contributed by atoms with Crippen LogP contribution >= 0.6 is 27.5 Å². The molecule has 0 amide bonds. The minimum atomic E-state index is -3.11. The van der Waals surface area contributed by atoms with Gasteiger partial charge in [-0.15, -0.1) is 0 Å². The predicted molar refractivity (Wildman–Crippen MR) is 89.8 cm³/mol. The van der Waals surface area contributed by atoms with Crippen LogP contribution in [0.5, 0.6) is 0 Å². The van der Waals surface area contributed by atoms with Crippen molar-refractivity contribution in [1.29, 1.82) is 0 Å². The molecule has 1 saturated heterocycles. The van der Waals surface area contributed by atoms with Gasteiger partial charge in [-0.25, -0.2) is 12.7 Å². The zero-order valence-corrected chi connectivity index (χ0v) is 15.1. The van der Waals surface area contributed by atoms with E-state index in [4.69, 9.17) is 17.3 Å². The van der Waals surface area contributed by atoms with E-state index in [1.807, 2.05) is 18.2 Å². The number of benzene rings is 1. The molecule has 1 aliphatic heterocycles. The Morgan fingerprint density at radius 1 is 1.52 bits per heavy atom. The lowest BCUT2D eigenvalue weighted by Crippen LogP contribution is -2.40. The molecule has 0 radical (unpaired) electrons. The third-order valence-corrected chi connectivity index (χ3v) is 6.09. The van der Waals surface area contributed by atoms with Crippen molar-refractivity contribution in [2.45, 2.75) is 25.3 Å². The number of piperidine rings is 1. The van der Waals surface area contributed by atoms with Gasteiger partial charge in [0, 0.05) is 28.6 Å². The molecule has 2 N–H and O–H groups in total. The summed E-state index contributed by atoms with van der Waals surface area (Å²) in [5, 5.41) is 0.666. The van der Waals surface area contributed by atoms with E-state index in [1.165, 1.54) is 6.26 Å². The monoisotopic (exact) mass is 394 g/mol. The fourth-order valence-corrected chi connectivity index (χ4v) is 4.73. The summed E-state index contributed by atoms with van der Waals surface area (Å²) in [7, 11) is -3.11. The summed E-state index contributed by atoms with van der Waals surface area (Å²) >= 11 is 9.42. The molecular weight excluding hydrogens is 376 g/mol. The average molecular weight is 396 g/mol. The largest absolute Gasteiger partial charge is 0.324 e. The van der Waals surface area contributed by atoms with Gasteiger partial charge in [0.1, 0.15) is 0 Å². The first-order chi connectivity index (χ1) is 9.77. The Kier molecular flexibility index (Phi) is 5.71. The Labute approximate surface area is 139 Å². The summed E-state index contributed by atoms with van der Waals surface area (Å²) in [6.45, 7) is 1.19. The highest BCUT2D eigenvalue weighted by atomic mass is 79.9. The van der Waals surface area contributed by atoms with E-state index >= 15 is 0 Å². The lowest BCUT2D eigenvalue weighted by molar-refractivity contribution is 0.247. The topological polar surface area (TPSA) is 63.4 Å². The van der Waals surface area contributed by atoms with Crippen LogP contribution in [-0.2, 0) is 10.0 Å². The Morgan fingerprint density at radius 3 is 2.86 bits per heavy atom. The van der Waals surface area contributed by atoms with Gasteiger partial charge in [0.15, 0.2) is 0 Å². The molecule has 2 unspecified atom stereocenters. The quantitative estimate of drug-likeness (QED) is 0.851. The fraction of sp³-hybridized carbons (Fsp3) is 0.571. The highest BCUT2D eigenvalue weighted by molar-refractivity contribution is 9.10. The minimum absolute atomic E-state index is 0.124. The van der Waals surface area contributed by atoms with Crippen LogP contribution in [-0.4, -0.2) is 32.1 Å². The molecule has 2 rings (SSSR count). The number of nitrogens with two attached hydrogens (primary N) is 1. The Bertz CT molecular complexity index is 609. The number of hydrogen-bond donors (Lipinski definition) is 1. The maximum absolute atomic E-state index is 11.7. The van der Waals surface area contributed by atoms with Crippen molar-refractivity contribution in [2.24, 2.45) is 11.7 Å². The van der Waals surface area contributed by atoms with E-state index in [9.17, 15) is 8.42 Å². The number of halogens is 2. The van der Waals surface area contributed by atoms with Crippen LogP contribution in [0.4, 0.5) is 0 Å². The average Bonchev–Trinajstić information content (AvgIpc) is 2.37. The molecule has 1 heterocycles. The van der Waals surface area contributed by atoms with Crippen molar-refractivity contribution in [3.63, 3.8) is 0 Å². The van der Waals surface area contributed by atoms with E-state index in [1.54, 1.807) is 4.31 Å². The van der Waals surface area contributed by atoms with E-state index in [-0.39, 0.29) is 6.04 Å². The molecule has 118 valence electrons. The van der Waals surface area contributed by atoms with Gasteiger partial charge in [0.25, 0.3) is 0 Å². The number of hydrogen-bond acceptors (Lipinski definition) is 3. The molecular formula is C14H20BrClN2O2S. The van der Waals surface area contributed by atoms with Gasteiger partial charge in [-0.1, -0.05) is 33.6 Å². The van der Waals surface area contributed by atoms with Gasteiger partial charge in [0.2, 0.25) is 10.0 Å². The van der Waals surface area contributed by atoms with Crippen molar-refractivity contribution in [1.82, 2.24) is 4.31 Å². The highest BCUT2D eigenvalue weighted by Crippen LogP contribution is 2.31. The predicted octanol–water partition coefficient (Wildman–Crippen LogP) is 3.16. The molecule has 0 aromatic heterocycles. The van der Waals surface area contributed by atoms with Crippen molar-refractivity contribution in [3.8, 4) is 0 Å². The van der Waals surface area contributed by atoms with Gasteiger partial charge in [-0.05, 0) is 42.9 Å². The number of rotatable bonds is 4. The van der Waals surface area contributed by atoms with E-state index < -0.39 is 10.0 Å². The second kappa shape index (κ2) is 6.96. The smallest absolute Gasteiger partial charge is 0.211 e. The molecule has 2 atom stereocenters. The summed E-state index contributed by atoms with van der Waals surface area (Å²) in [6, 6.07) is 5.46. The third kappa shape index (κ3) is 4.66. The molecule has 0 spiro atoms. The molecule has 0 aliphatic carbocycles. The lowest BCUT2D eigenvalue weighted by atomic mass is 9.90. The van der Waals surface area contributed by atoms with Crippen LogP contribution in [0.2, 0.25) is 5.02 Å². The second-order valence-corrected chi connectivity index (χ2v) is 8.91. The van der Waals surface area contributed by atoms with Gasteiger partial charge in [-0.3, -0.25) is 0 Å². The van der Waals surface area contributed by atoms with Crippen molar-refractivity contribution in [2.75, 3.05) is 19.3 Å². The van der Waals surface area contributed by atoms with Crippen LogP contribution in [0, 0.1) is 5.92 Å². The molecule has 4 nitrogen and oxygen atoms in total. The first-order valence-electron chi connectivity index (χ1n) is 6.93. The van der Waals surface area contributed by atoms with Gasteiger partial charge >= 0.3 is 0 Å². The zero-order chi connectivity index (χ0) is 15.6. The highest BCUT2D eigenvalue weighted by Gasteiger charge is 2.27. The molecule has 21 heavy (non-hydrogen) atoms. The molecule has 1 aromatic carbocycles. The SMILES string of the molecule is CS(=O)(=O)N1CCCC(CC(N)c2ccc(Cl)cc2Br)C1. The van der Waals surface area contributed by atoms with E-state index in [0.29, 0.717) is 24.0 Å². The van der Waals surface area contributed by atoms with E-state index in [2.05, 4.69) is 15.9 Å². The van der Waals surface area contributed by atoms with Crippen molar-refractivity contribution >= 4 is 37.6 Å². The normalized spacial score (nSPS) is 22.2. The first kappa shape index (κ1) is 17.2. The molecule has 0 saturated carbocycles. The summed E-state index contributed by atoms with van der Waals surface area (Å²) in [5.41, 5.74) is 7.30. The second-order valence-electron chi connectivity index (χ2n) is 5.64. The molecule has 1 aromatic rings. The summed E-state index contributed by atoms with van der Waals surface area (Å²) in [5.74, 6) is 0.297. The first-order valence-corrected chi connectivity index (χ1v) is 9.95. The lowest BCUT2D eigenvalue weighted by Gasteiger charge is -2.32. The third-order valence-electron chi connectivity index (χ3n) is 3.90. The number of nitrogens with zero attached hydrogens (tertiary/aromatic N) is 1. The van der Waals surface area contributed by atoms with E-state index in [0.717, 1.165) is 29.3 Å². The standard InChI is InChI=1S/C14H20BrClN2O2S/c1-21(19,20)18-6-2-3-10(9-18)7-14(17)12-5-4-11(16)8-13(12)15/h4-5,8,10,14H,2-3,6-7,9,17H2,1H3. The van der Waals surface area contributed by atoms with Crippen LogP contribution in [0.15, 0.2) is 22.7 Å².